The normalized spacial score (nSPS) is 9.88. The van der Waals surface area contributed by atoms with Crippen LogP contribution in [0, 0.1) is 13.8 Å². The third kappa shape index (κ3) is 3.37. The fraction of sp³-hybridized carbons (Fsp3) is 0.462. The second-order valence-electron chi connectivity index (χ2n) is 3.85. The van der Waals surface area contributed by atoms with Gasteiger partial charge in [0.05, 0.1) is 14.2 Å². The van der Waals surface area contributed by atoms with Crippen LogP contribution in [-0.4, -0.2) is 26.9 Å². The Balaban J connectivity index is 2.66. The molecule has 0 fully saturated rings. The van der Waals surface area contributed by atoms with Gasteiger partial charge in [-0.1, -0.05) is 6.07 Å². The maximum Gasteiger partial charge on any atom is 0.406 e. The van der Waals surface area contributed by atoms with Gasteiger partial charge in [-0.15, -0.1) is 0 Å². The summed E-state index contributed by atoms with van der Waals surface area (Å²) in [5.41, 5.74) is 3.55. The number of nitrogens with one attached hydrogen (secondary N) is 1. The van der Waals surface area contributed by atoms with Gasteiger partial charge in [0.1, 0.15) is 5.75 Å². The molecule has 1 N–H and O–H groups in total. The van der Waals surface area contributed by atoms with Crippen LogP contribution < -0.4 is 10.1 Å². The number of ether oxygens (including phenoxy) is 2. The molecule has 0 aromatic heterocycles. The van der Waals surface area contributed by atoms with Gasteiger partial charge in [-0.2, -0.15) is 0 Å². The highest BCUT2D eigenvalue weighted by Crippen LogP contribution is 2.23. The van der Waals surface area contributed by atoms with E-state index in [1.165, 1.54) is 18.2 Å². The van der Waals surface area contributed by atoms with E-state index in [-0.39, 0.29) is 0 Å². The minimum Gasteiger partial charge on any atom is -0.496 e. The third-order valence-electron chi connectivity index (χ3n) is 2.92. The Kier molecular flexibility index (Phi) is 4.82. The van der Waals surface area contributed by atoms with Gasteiger partial charge in [-0.05, 0) is 43.0 Å². The van der Waals surface area contributed by atoms with E-state index in [2.05, 4.69) is 17.0 Å². The lowest BCUT2D eigenvalue weighted by molar-refractivity contribution is 0.171. The summed E-state index contributed by atoms with van der Waals surface area (Å²) in [4.78, 5) is 10.9. The summed E-state index contributed by atoms with van der Waals surface area (Å²) in [6.45, 7) is 4.66. The predicted molar refractivity (Wildman–Crippen MR) is 66.6 cm³/mol. The molecule has 17 heavy (non-hydrogen) atoms. The Labute approximate surface area is 102 Å². The van der Waals surface area contributed by atoms with Gasteiger partial charge in [0, 0.05) is 6.54 Å². The van der Waals surface area contributed by atoms with Gasteiger partial charge in [0.15, 0.2) is 0 Å². The Morgan fingerprint density at radius 1 is 1.24 bits per heavy atom. The summed E-state index contributed by atoms with van der Waals surface area (Å²) < 4.78 is 9.76. The first-order chi connectivity index (χ1) is 8.10. The average Bonchev–Trinajstić information content (AvgIpc) is 2.34. The molecule has 0 atom stereocenters. The van der Waals surface area contributed by atoms with Crippen molar-refractivity contribution in [2.75, 3.05) is 20.8 Å². The molecule has 0 aliphatic rings. The lowest BCUT2D eigenvalue weighted by Crippen LogP contribution is -2.25. The molecule has 0 aliphatic heterocycles. The Bertz CT molecular complexity index is 402. The van der Waals surface area contributed by atoms with Crippen molar-refractivity contribution < 1.29 is 14.3 Å². The maximum atomic E-state index is 10.9. The van der Waals surface area contributed by atoms with E-state index in [1.807, 2.05) is 19.1 Å². The van der Waals surface area contributed by atoms with Crippen LogP contribution in [0.15, 0.2) is 12.1 Å². The molecule has 4 heteroatoms. The molecule has 0 aliphatic carbocycles. The number of alkyl carbamates (subject to hydrolysis) is 1. The maximum absolute atomic E-state index is 10.9. The number of hydrogen-bond acceptors (Lipinski definition) is 3. The fourth-order valence-corrected chi connectivity index (χ4v) is 1.72. The molecule has 0 unspecified atom stereocenters. The van der Waals surface area contributed by atoms with Gasteiger partial charge in [0.2, 0.25) is 0 Å². The van der Waals surface area contributed by atoms with Crippen molar-refractivity contribution in [2.24, 2.45) is 0 Å². The standard InChI is InChI=1S/C13H19NO3/c1-9-10(2)12(16-3)6-5-11(9)7-8-14-13(15)17-4/h5-6H,7-8H2,1-4H3,(H,14,15). The van der Waals surface area contributed by atoms with Gasteiger partial charge >= 0.3 is 6.09 Å². The topological polar surface area (TPSA) is 47.6 Å². The highest BCUT2D eigenvalue weighted by Gasteiger charge is 2.07. The van der Waals surface area contributed by atoms with E-state index >= 15 is 0 Å². The highest BCUT2D eigenvalue weighted by molar-refractivity contribution is 5.66. The van der Waals surface area contributed by atoms with Crippen molar-refractivity contribution in [2.45, 2.75) is 20.3 Å². The molecule has 4 nitrogen and oxygen atoms in total. The summed E-state index contributed by atoms with van der Waals surface area (Å²) in [5.74, 6) is 0.896. The molecule has 94 valence electrons. The van der Waals surface area contributed by atoms with E-state index in [0.717, 1.165) is 17.7 Å². The van der Waals surface area contributed by atoms with Crippen LogP contribution in [0.2, 0.25) is 0 Å². The lowest BCUT2D eigenvalue weighted by atomic mass is 10.00. The second-order valence-corrected chi connectivity index (χ2v) is 3.85. The quantitative estimate of drug-likeness (QED) is 0.873. The largest absolute Gasteiger partial charge is 0.496 e. The van der Waals surface area contributed by atoms with Crippen LogP contribution in [0.3, 0.4) is 0 Å². The zero-order chi connectivity index (χ0) is 12.8. The Morgan fingerprint density at radius 3 is 2.53 bits per heavy atom. The van der Waals surface area contributed by atoms with Crippen molar-refractivity contribution in [3.05, 3.63) is 28.8 Å². The first kappa shape index (κ1) is 13.4. The van der Waals surface area contributed by atoms with Crippen molar-refractivity contribution in [1.29, 1.82) is 0 Å². The van der Waals surface area contributed by atoms with E-state index in [1.54, 1.807) is 7.11 Å². The molecule has 0 bridgehead atoms. The van der Waals surface area contributed by atoms with Crippen LogP contribution in [-0.2, 0) is 11.2 Å². The van der Waals surface area contributed by atoms with Crippen molar-refractivity contribution in [3.63, 3.8) is 0 Å². The predicted octanol–water partition coefficient (Wildman–Crippen LogP) is 2.21. The molecule has 1 aromatic rings. The number of carbonyl (C=O) groups excluding carboxylic acids is 1. The monoisotopic (exact) mass is 237 g/mol. The SMILES string of the molecule is COC(=O)NCCc1ccc(OC)c(C)c1C. The summed E-state index contributed by atoms with van der Waals surface area (Å²) in [5, 5.41) is 2.66. The fourth-order valence-electron chi connectivity index (χ4n) is 1.72. The number of carbonyl (C=O) groups is 1. The van der Waals surface area contributed by atoms with E-state index in [0.29, 0.717) is 6.54 Å². The van der Waals surface area contributed by atoms with Gasteiger partial charge in [0.25, 0.3) is 0 Å². The Hall–Kier alpha value is -1.71. The van der Waals surface area contributed by atoms with Crippen LogP contribution in [0.4, 0.5) is 4.79 Å². The second kappa shape index (κ2) is 6.13. The number of benzene rings is 1. The number of rotatable bonds is 4. The average molecular weight is 237 g/mol. The van der Waals surface area contributed by atoms with Crippen molar-refractivity contribution in [3.8, 4) is 5.75 Å². The summed E-state index contributed by atoms with van der Waals surface area (Å²) in [6.07, 6.45) is 0.388. The van der Waals surface area contributed by atoms with Crippen LogP contribution in [0.1, 0.15) is 16.7 Å². The van der Waals surface area contributed by atoms with Crippen molar-refractivity contribution >= 4 is 6.09 Å². The molecule has 0 saturated carbocycles. The minimum atomic E-state index is -0.395. The van der Waals surface area contributed by atoms with E-state index < -0.39 is 6.09 Å². The molecule has 0 spiro atoms. The minimum absolute atomic E-state index is 0.395. The summed E-state index contributed by atoms with van der Waals surface area (Å²) in [7, 11) is 3.03. The molecule has 0 radical (unpaired) electrons. The Morgan fingerprint density at radius 2 is 1.94 bits per heavy atom. The molecule has 0 heterocycles. The third-order valence-corrected chi connectivity index (χ3v) is 2.92. The van der Waals surface area contributed by atoms with Gasteiger partial charge < -0.3 is 14.8 Å². The van der Waals surface area contributed by atoms with Crippen LogP contribution in [0.5, 0.6) is 5.75 Å². The lowest BCUT2D eigenvalue weighted by Gasteiger charge is -2.12. The molecular weight excluding hydrogens is 218 g/mol. The number of hydrogen-bond donors (Lipinski definition) is 1. The first-order valence-corrected chi connectivity index (χ1v) is 5.55. The van der Waals surface area contributed by atoms with Gasteiger partial charge in [-0.3, -0.25) is 0 Å². The van der Waals surface area contributed by atoms with Crippen molar-refractivity contribution in [1.82, 2.24) is 5.32 Å². The van der Waals surface area contributed by atoms with Crippen LogP contribution in [0.25, 0.3) is 0 Å². The molecule has 0 saturated heterocycles. The van der Waals surface area contributed by atoms with Gasteiger partial charge in [-0.25, -0.2) is 4.79 Å². The molecule has 1 amide bonds. The van der Waals surface area contributed by atoms with E-state index in [4.69, 9.17) is 4.74 Å². The molecule has 1 rings (SSSR count). The zero-order valence-corrected chi connectivity index (χ0v) is 10.8. The summed E-state index contributed by atoms with van der Waals surface area (Å²) in [6, 6.07) is 3.98. The zero-order valence-electron chi connectivity index (χ0n) is 10.8. The molecular formula is C13H19NO3. The smallest absolute Gasteiger partial charge is 0.406 e. The molecule has 1 aromatic carbocycles. The first-order valence-electron chi connectivity index (χ1n) is 5.55. The highest BCUT2D eigenvalue weighted by atomic mass is 16.5. The number of amides is 1. The number of methoxy groups -OCH3 is 2. The summed E-state index contributed by atoms with van der Waals surface area (Å²) >= 11 is 0. The van der Waals surface area contributed by atoms with E-state index in [9.17, 15) is 4.79 Å². The van der Waals surface area contributed by atoms with Crippen LogP contribution >= 0.6 is 0 Å².